The van der Waals surface area contributed by atoms with Crippen molar-refractivity contribution in [2.24, 2.45) is 0 Å². The van der Waals surface area contributed by atoms with Crippen LogP contribution in [0.4, 0.5) is 56.4 Å². The van der Waals surface area contributed by atoms with Crippen molar-refractivity contribution in [1.29, 1.82) is 5.26 Å². The number of nitrogens with zero attached hydrogens (tertiary/aromatic N) is 10. The largest absolute Gasteiger partial charge is 0.367 e. The average molecular weight is 1240 g/mol. The van der Waals surface area contributed by atoms with Gasteiger partial charge in [0.15, 0.2) is 16.9 Å². The van der Waals surface area contributed by atoms with Gasteiger partial charge < -0.3 is 31.9 Å². The first-order valence-electron chi connectivity index (χ1n) is 28.2. The molecule has 0 spiro atoms. The van der Waals surface area contributed by atoms with Gasteiger partial charge in [-0.2, -0.15) is 34.1 Å². The lowest BCUT2D eigenvalue weighted by atomic mass is 10.1. The van der Waals surface area contributed by atoms with Gasteiger partial charge in [-0.3, -0.25) is 44.7 Å². The number of amides is 6. The Hall–Kier alpha value is -11.0. The second-order valence-electron chi connectivity index (χ2n) is 21.6. The molecule has 0 radical (unpaired) electrons. The van der Waals surface area contributed by atoms with Crippen molar-refractivity contribution in [2.45, 2.75) is 75.9 Å². The maximum absolute atomic E-state index is 13.7. The summed E-state index contributed by atoms with van der Waals surface area (Å²) in [6.07, 6.45) is 16.4. The molecule has 9 N–H and O–H groups in total. The smallest absolute Gasteiger partial charge is 0.254 e. The van der Waals surface area contributed by atoms with Gasteiger partial charge in [-0.1, -0.05) is 47.5 Å². The first-order valence-corrected chi connectivity index (χ1v) is 29.0. The fourth-order valence-electron chi connectivity index (χ4n) is 9.74. The third-order valence-corrected chi connectivity index (χ3v) is 15.3. The van der Waals surface area contributed by atoms with Gasteiger partial charge in [0.25, 0.3) is 17.7 Å². The molecule has 6 amide bonds. The van der Waals surface area contributed by atoms with Crippen LogP contribution in [0.2, 0.25) is 10.0 Å². The van der Waals surface area contributed by atoms with Crippen LogP contribution < -0.4 is 47.9 Å². The van der Waals surface area contributed by atoms with E-state index in [-0.39, 0.29) is 42.9 Å². The van der Waals surface area contributed by atoms with Crippen LogP contribution in [0.15, 0.2) is 120 Å². The Labute approximate surface area is 513 Å². The molecular weight excluding hydrogens is 1180 g/mol. The molecule has 6 aliphatic rings. The summed E-state index contributed by atoms with van der Waals surface area (Å²) in [5.41, 5.74) is 6.86. The van der Waals surface area contributed by atoms with Gasteiger partial charge in [0, 0.05) is 69.7 Å². The van der Waals surface area contributed by atoms with Crippen molar-refractivity contribution in [3.05, 3.63) is 158 Å². The van der Waals surface area contributed by atoms with Crippen LogP contribution in [-0.4, -0.2) is 97.4 Å². The highest BCUT2D eigenvalue weighted by Crippen LogP contribution is 2.35. The van der Waals surface area contributed by atoms with Crippen LogP contribution >= 0.6 is 23.2 Å². The number of hydrogen-bond donors (Lipinski definition) is 9. The number of carbonyl (C=O) groups is 6. The molecule has 9 heterocycles. The number of para-hydroxylation sites is 2. The van der Waals surface area contributed by atoms with Gasteiger partial charge in [-0.15, -0.1) is 0 Å². The molecule has 28 heteroatoms. The molecule has 9 aromatic rings. The predicted octanol–water partition coefficient (Wildman–Crippen LogP) is 8.75. The van der Waals surface area contributed by atoms with Gasteiger partial charge in [-0.05, 0) is 99.2 Å². The quantitative estimate of drug-likeness (QED) is 0.0342. The number of imide groups is 3. The Morgan fingerprint density at radius 2 is 0.865 bits per heavy atom. The van der Waals surface area contributed by atoms with Crippen LogP contribution in [0.5, 0.6) is 0 Å². The second kappa shape index (κ2) is 24.0. The highest BCUT2D eigenvalue weighted by molar-refractivity contribution is 6.33. The Morgan fingerprint density at radius 3 is 1.25 bits per heavy atom. The molecule has 25 nitrogen and oxygen atoms in total. The maximum Gasteiger partial charge on any atom is 0.254 e. The molecule has 6 fully saturated rings. The molecule has 15 rings (SSSR count). The minimum absolute atomic E-state index is 0.0141. The molecule has 89 heavy (non-hydrogen) atoms. The van der Waals surface area contributed by atoms with Crippen LogP contribution in [0.25, 0.3) is 35.2 Å². The molecular formula is C61H50Cl2FN19O6. The van der Waals surface area contributed by atoms with E-state index in [4.69, 9.17) is 23.2 Å². The standard InChI is InChI=1S/C21H17N7O2.C20H16ClFN6O2.C20H17ClN6O2/c22-10-12-3-1-2-4-16(12)25-17-9-18(24-15-5-6-15)28-20(26-17)14(11-23-28)7-13-8-19(29)27-21(13)30;21-14-4-1-12(22)7-15(14)25-16-8-17(24-13-2-3-13)28-19(26-16)11(9-23-28)5-10-6-18(29)27-20(10)30;21-14-3-1-2-4-15(14)24-16-9-17(23-13-5-6-13)27-19(25-16)12(10-22-27)7-11-8-18(28)26-20(11)29/h1-4,7,9,11,15,24H,5-6,8H2,(H,25,26)(H,27,29,30);1,4-5,7-9,13,24H,2-3,6H2,(H,25,26)(H,27,29,30);1-4,7,9-10,13,23H,5-6,8H2,(H,24,25)(H,26,28,29)/b13-7+;10-5+;11-7+. The number of halogens is 3. The number of nitrogens with one attached hydrogen (secondary N) is 9. The number of rotatable bonds is 15. The number of aromatic nitrogens is 9. The summed E-state index contributed by atoms with van der Waals surface area (Å²) in [6.45, 7) is 0. The normalized spacial score (nSPS) is 17.5. The van der Waals surface area contributed by atoms with E-state index in [1.54, 1.807) is 74.6 Å². The summed E-state index contributed by atoms with van der Waals surface area (Å²) in [7, 11) is 0. The van der Waals surface area contributed by atoms with E-state index in [2.05, 4.69) is 84.2 Å². The molecule has 3 aromatic carbocycles. The monoisotopic (exact) mass is 1230 g/mol. The fraction of sp³-hybridized carbons (Fsp3) is 0.197. The van der Waals surface area contributed by atoms with Crippen LogP contribution in [0, 0.1) is 17.1 Å². The lowest BCUT2D eigenvalue weighted by molar-refractivity contribution is -0.125. The summed E-state index contributed by atoms with van der Waals surface area (Å²) in [5.74, 6) is 1.26. The molecule has 6 aromatic heterocycles. The zero-order valence-electron chi connectivity index (χ0n) is 46.7. The van der Waals surface area contributed by atoms with E-state index in [1.807, 2.05) is 42.5 Å². The lowest BCUT2D eigenvalue weighted by Gasteiger charge is -2.12. The number of fused-ring (bicyclic) bond motifs is 3. The van der Waals surface area contributed by atoms with Crippen molar-refractivity contribution in [1.82, 2.24) is 59.7 Å². The average Bonchev–Trinajstić information content (AvgIpc) is 3.89. The summed E-state index contributed by atoms with van der Waals surface area (Å²) in [4.78, 5) is 84.2. The minimum Gasteiger partial charge on any atom is -0.367 e. The fourth-order valence-corrected chi connectivity index (χ4v) is 10.1. The van der Waals surface area contributed by atoms with Gasteiger partial charge in [-0.25, -0.2) is 19.3 Å². The Morgan fingerprint density at radius 1 is 0.494 bits per heavy atom. The number of carbonyl (C=O) groups excluding carboxylic acids is 6. The van der Waals surface area contributed by atoms with E-state index < -0.39 is 17.6 Å². The van der Waals surface area contributed by atoms with Crippen molar-refractivity contribution >= 4 is 146 Å². The number of anilines is 9. The zero-order valence-corrected chi connectivity index (χ0v) is 48.2. The Kier molecular flexibility index (Phi) is 15.4. The molecule has 3 aliphatic carbocycles. The Balaban J connectivity index is 0.000000123. The van der Waals surface area contributed by atoms with Crippen LogP contribution in [0.1, 0.15) is 80.0 Å². The highest BCUT2D eigenvalue weighted by Gasteiger charge is 2.30. The van der Waals surface area contributed by atoms with E-state index in [0.717, 1.165) is 55.8 Å². The van der Waals surface area contributed by atoms with Crippen molar-refractivity contribution in [3.8, 4) is 6.07 Å². The molecule has 0 bridgehead atoms. The molecule has 0 unspecified atom stereocenters. The summed E-state index contributed by atoms with van der Waals surface area (Å²) in [6, 6.07) is 27.4. The number of benzene rings is 3. The van der Waals surface area contributed by atoms with Crippen molar-refractivity contribution in [2.75, 3.05) is 31.9 Å². The second-order valence-corrected chi connectivity index (χ2v) is 22.5. The summed E-state index contributed by atoms with van der Waals surface area (Å²) < 4.78 is 18.7. The third-order valence-electron chi connectivity index (χ3n) is 14.6. The number of hydrogen-bond acceptors (Lipinski definition) is 19. The molecule has 3 saturated carbocycles. The zero-order chi connectivity index (χ0) is 61.4. The van der Waals surface area contributed by atoms with Gasteiger partial charge >= 0.3 is 0 Å². The van der Waals surface area contributed by atoms with Crippen LogP contribution in [-0.2, 0) is 28.8 Å². The van der Waals surface area contributed by atoms with E-state index in [1.165, 1.54) is 18.2 Å². The van der Waals surface area contributed by atoms with Gasteiger partial charge in [0.1, 0.15) is 46.8 Å². The summed E-state index contributed by atoms with van der Waals surface area (Å²) in [5, 5.41) is 50.1. The number of nitriles is 1. The first-order chi connectivity index (χ1) is 43.1. The predicted molar refractivity (Wildman–Crippen MR) is 330 cm³/mol. The molecule has 3 aliphatic heterocycles. The topological polar surface area (TPSA) is 325 Å². The van der Waals surface area contributed by atoms with E-state index in [0.29, 0.717) is 119 Å². The highest BCUT2D eigenvalue weighted by atomic mass is 35.5. The molecule has 3 saturated heterocycles. The first kappa shape index (κ1) is 57.1. The third kappa shape index (κ3) is 13.1. The van der Waals surface area contributed by atoms with Gasteiger partial charge in [0.2, 0.25) is 17.7 Å². The van der Waals surface area contributed by atoms with Gasteiger partial charge in [0.05, 0.1) is 70.5 Å². The Bertz CT molecular complexity index is 4590. The molecule has 446 valence electrons. The molecule has 0 atom stereocenters. The van der Waals surface area contributed by atoms with E-state index >= 15 is 0 Å². The van der Waals surface area contributed by atoms with Crippen molar-refractivity contribution in [3.63, 3.8) is 0 Å². The van der Waals surface area contributed by atoms with Crippen molar-refractivity contribution < 1.29 is 33.2 Å². The maximum atomic E-state index is 13.7. The minimum atomic E-state index is -0.425. The summed E-state index contributed by atoms with van der Waals surface area (Å²) >= 11 is 12.4. The SMILES string of the molecule is N#Cc1ccccc1Nc1cc(NC2CC2)n2ncc(/C=C3\CC(=O)NC3=O)c2n1.O=C1C/C(=C\c2cnn3c(NC4CC4)cc(Nc4cc(F)ccc4Cl)nc23)C(=O)N1.O=C1C/C(=C\c2cnn3c(NC4CC4)cc(Nc4ccccc4Cl)nc23)C(=O)N1. The van der Waals surface area contributed by atoms with E-state index in [9.17, 15) is 38.4 Å². The lowest BCUT2D eigenvalue weighted by Crippen LogP contribution is -2.19. The van der Waals surface area contributed by atoms with Crippen LogP contribution in [0.3, 0.4) is 0 Å².